The average Bonchev–Trinajstić information content (AvgIpc) is 2.67. The van der Waals surface area contributed by atoms with Crippen molar-refractivity contribution in [3.8, 4) is 5.75 Å². The number of ether oxygens (including phenoxy) is 1. The first-order chi connectivity index (χ1) is 13.8. The van der Waals surface area contributed by atoms with Gasteiger partial charge in [-0.1, -0.05) is 34.7 Å². The van der Waals surface area contributed by atoms with E-state index >= 15 is 0 Å². The molecule has 1 aliphatic heterocycles. The highest BCUT2D eigenvalue weighted by Crippen LogP contribution is 2.27. The summed E-state index contributed by atoms with van der Waals surface area (Å²) < 4.78 is 7.21. The molecule has 1 fully saturated rings. The van der Waals surface area contributed by atoms with Gasteiger partial charge in [0.05, 0.1) is 9.26 Å². The zero-order valence-electron chi connectivity index (χ0n) is 15.4. The molecule has 0 saturated carbocycles. The van der Waals surface area contributed by atoms with E-state index < -0.39 is 17.8 Å². The monoisotopic (exact) mass is 566 g/mol. The van der Waals surface area contributed by atoms with Crippen molar-refractivity contribution in [1.82, 2.24) is 5.32 Å². The maximum atomic E-state index is 13.0. The molecule has 2 aromatic rings. The van der Waals surface area contributed by atoms with Crippen molar-refractivity contribution in [3.05, 3.63) is 73.8 Å². The van der Waals surface area contributed by atoms with Crippen LogP contribution in [0.25, 0.3) is 6.08 Å². The lowest BCUT2D eigenvalue weighted by Gasteiger charge is -2.26. The molecule has 0 atom stereocenters. The van der Waals surface area contributed by atoms with Gasteiger partial charge in [-0.2, -0.15) is 0 Å². The molecule has 1 N–H and O–H groups in total. The van der Waals surface area contributed by atoms with Crippen LogP contribution >= 0.6 is 38.5 Å². The Balaban J connectivity index is 1.96. The van der Waals surface area contributed by atoms with Crippen molar-refractivity contribution in [3.63, 3.8) is 0 Å². The normalized spacial score (nSPS) is 15.5. The van der Waals surface area contributed by atoms with Crippen LogP contribution < -0.4 is 15.0 Å². The number of carbonyl (C=O) groups is 3. The van der Waals surface area contributed by atoms with E-state index in [4.69, 9.17) is 4.74 Å². The first-order valence-corrected chi connectivity index (χ1v) is 10.4. The SMILES string of the molecule is C=CCOc1ccc(/C=C2\C(=O)NC(=O)N(c3ccc(Br)c(C)c3)C2=O)cc1I. The largest absolute Gasteiger partial charge is 0.488 e. The number of urea groups is 1. The molecule has 8 heteroatoms. The van der Waals surface area contributed by atoms with Crippen LogP contribution in [0.15, 0.2) is 59.1 Å². The maximum absolute atomic E-state index is 13.0. The quantitative estimate of drug-likeness (QED) is 0.248. The summed E-state index contributed by atoms with van der Waals surface area (Å²) in [5, 5.41) is 2.23. The summed E-state index contributed by atoms with van der Waals surface area (Å²) in [7, 11) is 0. The Kier molecular flexibility index (Phi) is 6.53. The first-order valence-electron chi connectivity index (χ1n) is 8.52. The van der Waals surface area contributed by atoms with Crippen molar-refractivity contribution in [2.24, 2.45) is 0 Å². The van der Waals surface area contributed by atoms with Crippen molar-refractivity contribution in [2.45, 2.75) is 6.92 Å². The zero-order valence-corrected chi connectivity index (χ0v) is 19.1. The number of rotatable bonds is 5. The second-order valence-electron chi connectivity index (χ2n) is 6.18. The number of hydrogen-bond acceptors (Lipinski definition) is 4. The molecule has 4 amide bonds. The lowest BCUT2D eigenvalue weighted by molar-refractivity contribution is -0.122. The van der Waals surface area contributed by atoms with Crippen molar-refractivity contribution in [2.75, 3.05) is 11.5 Å². The Morgan fingerprint density at radius 1 is 1.21 bits per heavy atom. The van der Waals surface area contributed by atoms with E-state index in [9.17, 15) is 14.4 Å². The molecule has 6 nitrogen and oxygen atoms in total. The maximum Gasteiger partial charge on any atom is 0.335 e. The van der Waals surface area contributed by atoms with Gasteiger partial charge in [0, 0.05) is 4.47 Å². The molecule has 3 rings (SSSR count). The van der Waals surface area contributed by atoms with E-state index in [1.54, 1.807) is 42.5 Å². The lowest BCUT2D eigenvalue weighted by atomic mass is 10.1. The third-order valence-corrected chi connectivity index (χ3v) is 5.86. The fraction of sp³-hybridized carbons (Fsp3) is 0.0952. The fourth-order valence-corrected chi connectivity index (χ4v) is 3.64. The van der Waals surface area contributed by atoms with Gasteiger partial charge in [0.2, 0.25) is 0 Å². The average molecular weight is 567 g/mol. The molecule has 29 heavy (non-hydrogen) atoms. The molecule has 0 aromatic heterocycles. The number of hydrogen-bond donors (Lipinski definition) is 1. The van der Waals surface area contributed by atoms with Gasteiger partial charge in [-0.25, -0.2) is 9.69 Å². The standard InChI is InChI=1S/C21H16BrIN2O4/c1-3-8-29-18-7-4-13(11-17(18)23)10-15-19(26)24-21(28)25(20(15)27)14-5-6-16(22)12(2)9-14/h3-7,9-11H,1,8H2,2H3,(H,24,26,28)/b15-10+. The number of nitrogens with one attached hydrogen (secondary N) is 1. The molecule has 0 spiro atoms. The number of barbiturate groups is 1. The molecule has 0 aliphatic carbocycles. The van der Waals surface area contributed by atoms with Gasteiger partial charge in [0.15, 0.2) is 0 Å². The first kappa shape index (κ1) is 21.3. The third-order valence-electron chi connectivity index (χ3n) is 4.13. The Bertz CT molecular complexity index is 1060. The van der Waals surface area contributed by atoms with Crippen LogP contribution in [-0.4, -0.2) is 24.5 Å². The van der Waals surface area contributed by atoms with Crippen molar-refractivity contribution >= 4 is 68.1 Å². The van der Waals surface area contributed by atoms with Gasteiger partial charge in [-0.15, -0.1) is 0 Å². The molecule has 2 aromatic carbocycles. The smallest absolute Gasteiger partial charge is 0.335 e. The van der Waals surface area contributed by atoms with Gasteiger partial charge in [-0.05, 0) is 77.0 Å². The van der Waals surface area contributed by atoms with Gasteiger partial charge < -0.3 is 4.74 Å². The minimum Gasteiger partial charge on any atom is -0.488 e. The van der Waals surface area contributed by atoms with E-state index in [-0.39, 0.29) is 5.57 Å². The minimum absolute atomic E-state index is 0.124. The molecule has 0 radical (unpaired) electrons. The number of amides is 4. The Labute approximate surface area is 189 Å². The summed E-state index contributed by atoms with van der Waals surface area (Å²) >= 11 is 5.50. The minimum atomic E-state index is -0.776. The highest BCUT2D eigenvalue weighted by atomic mass is 127. The van der Waals surface area contributed by atoms with Gasteiger partial charge >= 0.3 is 6.03 Å². The predicted octanol–water partition coefficient (Wildman–Crippen LogP) is 4.59. The summed E-state index contributed by atoms with van der Waals surface area (Å²) in [6.07, 6.45) is 3.11. The zero-order chi connectivity index (χ0) is 21.1. The number of aryl methyl sites for hydroxylation is 1. The van der Waals surface area contributed by atoms with Gasteiger partial charge in [0.25, 0.3) is 11.8 Å². The Morgan fingerprint density at radius 2 is 1.97 bits per heavy atom. The molecule has 1 heterocycles. The molecule has 0 bridgehead atoms. The summed E-state index contributed by atoms with van der Waals surface area (Å²) in [4.78, 5) is 38.6. The summed E-state index contributed by atoms with van der Waals surface area (Å²) in [5.74, 6) is -0.733. The van der Waals surface area contributed by atoms with Crippen LogP contribution in [-0.2, 0) is 9.59 Å². The van der Waals surface area contributed by atoms with Gasteiger partial charge in [-0.3, -0.25) is 14.9 Å². The van der Waals surface area contributed by atoms with Crippen LogP contribution in [0.1, 0.15) is 11.1 Å². The van der Waals surface area contributed by atoms with Crippen LogP contribution in [0.3, 0.4) is 0 Å². The molecule has 1 aliphatic rings. The molecular formula is C21H16BrIN2O4. The highest BCUT2D eigenvalue weighted by molar-refractivity contribution is 14.1. The summed E-state index contributed by atoms with van der Waals surface area (Å²) in [5.41, 5.74) is 1.76. The van der Waals surface area contributed by atoms with E-state index in [2.05, 4.69) is 50.4 Å². The highest BCUT2D eigenvalue weighted by Gasteiger charge is 2.36. The Morgan fingerprint density at radius 3 is 2.62 bits per heavy atom. The van der Waals surface area contributed by atoms with Crippen LogP contribution in [0.5, 0.6) is 5.75 Å². The second-order valence-corrected chi connectivity index (χ2v) is 8.20. The lowest BCUT2D eigenvalue weighted by Crippen LogP contribution is -2.54. The Hall–Kier alpha value is -2.46. The van der Waals surface area contributed by atoms with Crippen molar-refractivity contribution < 1.29 is 19.1 Å². The fourth-order valence-electron chi connectivity index (χ4n) is 2.70. The molecule has 0 unspecified atom stereocenters. The van der Waals surface area contributed by atoms with E-state index in [1.807, 2.05) is 6.92 Å². The third kappa shape index (κ3) is 4.59. The van der Waals surface area contributed by atoms with Crippen LogP contribution in [0.4, 0.5) is 10.5 Å². The van der Waals surface area contributed by atoms with Crippen molar-refractivity contribution in [1.29, 1.82) is 0 Å². The molecular weight excluding hydrogens is 551 g/mol. The topological polar surface area (TPSA) is 75.7 Å². The van der Waals surface area contributed by atoms with Gasteiger partial charge in [0.1, 0.15) is 17.9 Å². The van der Waals surface area contributed by atoms with Crippen LogP contribution in [0.2, 0.25) is 0 Å². The van der Waals surface area contributed by atoms with E-state index in [0.29, 0.717) is 23.6 Å². The molecule has 1 saturated heterocycles. The second kappa shape index (κ2) is 8.91. The van der Waals surface area contributed by atoms with E-state index in [0.717, 1.165) is 18.5 Å². The number of imide groups is 2. The summed E-state index contributed by atoms with van der Waals surface area (Å²) in [6.45, 7) is 5.83. The number of carbonyl (C=O) groups excluding carboxylic acids is 3. The van der Waals surface area contributed by atoms with E-state index in [1.165, 1.54) is 6.08 Å². The number of benzene rings is 2. The van der Waals surface area contributed by atoms with Crippen LogP contribution in [0, 0.1) is 10.5 Å². The summed E-state index contributed by atoms with van der Waals surface area (Å²) in [6, 6.07) is 9.58. The number of anilines is 1. The predicted molar refractivity (Wildman–Crippen MR) is 123 cm³/mol. The number of halogens is 2. The molecule has 148 valence electrons. The number of nitrogens with zero attached hydrogens (tertiary/aromatic N) is 1.